The third-order valence-corrected chi connectivity index (χ3v) is 4.88. The fourth-order valence-electron chi connectivity index (χ4n) is 3.19. The molecule has 160 valence electrons. The van der Waals surface area contributed by atoms with Gasteiger partial charge in [-0.25, -0.2) is 4.98 Å². The fraction of sp³-hybridized carbons (Fsp3) is 0.217. The Kier molecular flexibility index (Phi) is 5.79. The third kappa shape index (κ3) is 4.96. The SMILES string of the molecule is O=C(COc1ccc(-c2ccccc2)cc1)N1CC(Oc2ncccc2C(F)(F)F)C1. The van der Waals surface area contributed by atoms with Gasteiger partial charge in [0, 0.05) is 6.20 Å². The Bertz CT molecular complexity index is 1030. The average Bonchev–Trinajstić information content (AvgIpc) is 2.75. The Morgan fingerprint density at radius 3 is 2.32 bits per heavy atom. The van der Waals surface area contributed by atoms with E-state index in [-0.39, 0.29) is 25.6 Å². The van der Waals surface area contributed by atoms with Gasteiger partial charge < -0.3 is 14.4 Å². The lowest BCUT2D eigenvalue weighted by atomic mass is 10.1. The number of rotatable bonds is 6. The van der Waals surface area contributed by atoms with Crippen molar-refractivity contribution in [1.29, 1.82) is 0 Å². The normalized spacial score (nSPS) is 14.1. The first-order valence-electron chi connectivity index (χ1n) is 9.65. The third-order valence-electron chi connectivity index (χ3n) is 4.88. The molecule has 0 bridgehead atoms. The molecule has 1 fully saturated rings. The van der Waals surface area contributed by atoms with Crippen LogP contribution in [0.4, 0.5) is 13.2 Å². The van der Waals surface area contributed by atoms with Crippen LogP contribution in [0, 0.1) is 0 Å². The van der Waals surface area contributed by atoms with Crippen LogP contribution in [0.1, 0.15) is 5.56 Å². The molecule has 3 aromatic rings. The van der Waals surface area contributed by atoms with Crippen molar-refractivity contribution in [1.82, 2.24) is 9.88 Å². The zero-order chi connectivity index (χ0) is 21.8. The number of carbonyl (C=O) groups excluding carboxylic acids is 1. The highest BCUT2D eigenvalue weighted by molar-refractivity contribution is 5.78. The van der Waals surface area contributed by atoms with Crippen LogP contribution < -0.4 is 9.47 Å². The second-order valence-corrected chi connectivity index (χ2v) is 7.07. The van der Waals surface area contributed by atoms with Crippen LogP contribution in [0.25, 0.3) is 11.1 Å². The summed E-state index contributed by atoms with van der Waals surface area (Å²) in [5.41, 5.74) is 1.19. The minimum absolute atomic E-state index is 0.158. The summed E-state index contributed by atoms with van der Waals surface area (Å²) in [4.78, 5) is 17.4. The summed E-state index contributed by atoms with van der Waals surface area (Å²) in [5.74, 6) is -0.171. The molecular formula is C23H19F3N2O3. The molecule has 5 nitrogen and oxygen atoms in total. The van der Waals surface area contributed by atoms with Crippen molar-refractivity contribution in [2.24, 2.45) is 0 Å². The van der Waals surface area contributed by atoms with E-state index < -0.39 is 23.7 Å². The lowest BCUT2D eigenvalue weighted by Gasteiger charge is -2.38. The summed E-state index contributed by atoms with van der Waals surface area (Å²) in [6.45, 7) is 0.209. The van der Waals surface area contributed by atoms with Crippen LogP contribution in [-0.2, 0) is 11.0 Å². The van der Waals surface area contributed by atoms with Crippen molar-refractivity contribution in [2.45, 2.75) is 12.3 Å². The standard InChI is InChI=1S/C23H19F3N2O3/c24-23(25,26)20-7-4-12-27-22(20)31-19-13-28(14-19)21(29)15-30-18-10-8-17(9-11-18)16-5-2-1-3-6-16/h1-12,19H,13-15H2. The van der Waals surface area contributed by atoms with Gasteiger partial charge in [-0.3, -0.25) is 4.79 Å². The number of carbonyl (C=O) groups is 1. The Labute approximate surface area is 177 Å². The molecule has 1 amide bonds. The van der Waals surface area contributed by atoms with E-state index in [4.69, 9.17) is 9.47 Å². The van der Waals surface area contributed by atoms with Crippen molar-refractivity contribution in [2.75, 3.05) is 19.7 Å². The molecule has 2 aromatic carbocycles. The zero-order valence-corrected chi connectivity index (χ0v) is 16.4. The van der Waals surface area contributed by atoms with Gasteiger partial charge in [0.2, 0.25) is 5.88 Å². The van der Waals surface area contributed by atoms with E-state index in [0.717, 1.165) is 17.2 Å². The van der Waals surface area contributed by atoms with Gasteiger partial charge >= 0.3 is 6.18 Å². The van der Waals surface area contributed by atoms with E-state index in [9.17, 15) is 18.0 Å². The monoisotopic (exact) mass is 428 g/mol. The molecule has 0 aliphatic carbocycles. The van der Waals surface area contributed by atoms with Crippen LogP contribution in [0.2, 0.25) is 0 Å². The van der Waals surface area contributed by atoms with Gasteiger partial charge in [0.15, 0.2) is 6.61 Å². The van der Waals surface area contributed by atoms with Gasteiger partial charge in [0.1, 0.15) is 17.4 Å². The van der Waals surface area contributed by atoms with Crippen molar-refractivity contribution in [3.63, 3.8) is 0 Å². The molecule has 1 aliphatic heterocycles. The van der Waals surface area contributed by atoms with Crippen molar-refractivity contribution in [3.05, 3.63) is 78.5 Å². The predicted octanol–water partition coefficient (Wildman–Crippen LogP) is 4.44. The molecule has 0 radical (unpaired) electrons. The molecule has 0 spiro atoms. The Balaban J connectivity index is 1.25. The van der Waals surface area contributed by atoms with Crippen LogP contribution >= 0.6 is 0 Å². The lowest BCUT2D eigenvalue weighted by molar-refractivity contribution is -0.146. The smallest absolute Gasteiger partial charge is 0.421 e. The van der Waals surface area contributed by atoms with Gasteiger partial charge in [-0.1, -0.05) is 42.5 Å². The van der Waals surface area contributed by atoms with E-state index in [2.05, 4.69) is 4.98 Å². The highest BCUT2D eigenvalue weighted by atomic mass is 19.4. The first-order chi connectivity index (χ1) is 14.9. The number of likely N-dealkylation sites (tertiary alicyclic amines) is 1. The maximum atomic E-state index is 13.0. The first-order valence-corrected chi connectivity index (χ1v) is 9.65. The van der Waals surface area contributed by atoms with E-state index in [1.54, 1.807) is 12.1 Å². The molecule has 2 heterocycles. The minimum Gasteiger partial charge on any atom is -0.484 e. The molecular weight excluding hydrogens is 409 g/mol. The summed E-state index contributed by atoms with van der Waals surface area (Å²) < 4.78 is 49.9. The van der Waals surface area contributed by atoms with Gasteiger partial charge in [0.25, 0.3) is 5.91 Å². The van der Waals surface area contributed by atoms with E-state index in [0.29, 0.717) is 5.75 Å². The van der Waals surface area contributed by atoms with Gasteiger partial charge in [-0.2, -0.15) is 13.2 Å². The second kappa shape index (κ2) is 8.67. The average molecular weight is 428 g/mol. The van der Waals surface area contributed by atoms with Crippen molar-refractivity contribution < 1.29 is 27.4 Å². The second-order valence-electron chi connectivity index (χ2n) is 7.07. The highest BCUT2D eigenvalue weighted by Gasteiger charge is 2.38. The Morgan fingerprint density at radius 2 is 1.65 bits per heavy atom. The van der Waals surface area contributed by atoms with Crippen LogP contribution in [-0.4, -0.2) is 41.6 Å². The van der Waals surface area contributed by atoms with E-state index >= 15 is 0 Å². The summed E-state index contributed by atoms with van der Waals surface area (Å²) in [7, 11) is 0. The van der Waals surface area contributed by atoms with Gasteiger partial charge in [-0.15, -0.1) is 0 Å². The lowest BCUT2D eigenvalue weighted by Crippen LogP contribution is -2.57. The summed E-state index contributed by atoms with van der Waals surface area (Å²) >= 11 is 0. The largest absolute Gasteiger partial charge is 0.484 e. The summed E-state index contributed by atoms with van der Waals surface area (Å²) in [5, 5.41) is 0. The molecule has 0 atom stereocenters. The summed E-state index contributed by atoms with van der Waals surface area (Å²) in [6.07, 6.45) is -3.85. The maximum Gasteiger partial charge on any atom is 0.421 e. The fourth-order valence-corrected chi connectivity index (χ4v) is 3.19. The number of benzene rings is 2. The Hall–Kier alpha value is -3.55. The first kappa shape index (κ1) is 20.7. The van der Waals surface area contributed by atoms with E-state index in [1.807, 2.05) is 42.5 Å². The number of ether oxygens (including phenoxy) is 2. The maximum absolute atomic E-state index is 13.0. The highest BCUT2D eigenvalue weighted by Crippen LogP contribution is 2.35. The molecule has 4 rings (SSSR count). The number of aromatic nitrogens is 1. The molecule has 31 heavy (non-hydrogen) atoms. The number of hydrogen-bond acceptors (Lipinski definition) is 4. The number of nitrogens with zero attached hydrogens (tertiary/aromatic N) is 2. The van der Waals surface area contributed by atoms with Gasteiger partial charge in [0.05, 0.1) is 13.1 Å². The molecule has 0 N–H and O–H groups in total. The number of pyridine rings is 1. The van der Waals surface area contributed by atoms with Crippen molar-refractivity contribution >= 4 is 5.91 Å². The molecule has 8 heteroatoms. The summed E-state index contributed by atoms with van der Waals surface area (Å²) in [6, 6.07) is 19.4. The van der Waals surface area contributed by atoms with Crippen LogP contribution in [0.5, 0.6) is 11.6 Å². The molecule has 1 saturated heterocycles. The molecule has 0 saturated carbocycles. The number of hydrogen-bond donors (Lipinski definition) is 0. The zero-order valence-electron chi connectivity index (χ0n) is 16.4. The van der Waals surface area contributed by atoms with Crippen LogP contribution in [0.15, 0.2) is 72.9 Å². The molecule has 1 aromatic heterocycles. The Morgan fingerprint density at radius 1 is 0.968 bits per heavy atom. The number of amides is 1. The topological polar surface area (TPSA) is 51.7 Å². The van der Waals surface area contributed by atoms with Crippen LogP contribution in [0.3, 0.4) is 0 Å². The van der Waals surface area contributed by atoms with Gasteiger partial charge in [-0.05, 0) is 35.4 Å². The minimum atomic E-state index is -4.55. The molecule has 0 unspecified atom stereocenters. The van der Waals surface area contributed by atoms with E-state index in [1.165, 1.54) is 17.2 Å². The molecule has 1 aliphatic rings. The number of halogens is 3. The number of alkyl halides is 3. The predicted molar refractivity (Wildman–Crippen MR) is 108 cm³/mol. The van der Waals surface area contributed by atoms with Crippen molar-refractivity contribution in [3.8, 4) is 22.8 Å². The quantitative estimate of drug-likeness (QED) is 0.583.